The van der Waals surface area contributed by atoms with Crippen LogP contribution in [0.1, 0.15) is 57.1 Å². The van der Waals surface area contributed by atoms with Gasteiger partial charge in [0.15, 0.2) is 11.5 Å². The topological polar surface area (TPSA) is 70.1 Å². The highest BCUT2D eigenvalue weighted by Crippen LogP contribution is 2.23. The molecule has 0 fully saturated rings. The van der Waals surface area contributed by atoms with Gasteiger partial charge in [0.1, 0.15) is 5.69 Å². The first-order valence-corrected chi connectivity index (χ1v) is 6.20. The van der Waals surface area contributed by atoms with E-state index in [0.29, 0.717) is 24.3 Å². The number of Topliss-reactive ketones (excluding diaryl/α,β-unsaturated/α-hetero) is 1. The Hall–Kier alpha value is -1.36. The minimum atomic E-state index is -0.342. The fourth-order valence-electron chi connectivity index (χ4n) is 1.71. The molecule has 18 heavy (non-hydrogen) atoms. The summed E-state index contributed by atoms with van der Waals surface area (Å²) in [5, 5.41) is 4.19. The van der Waals surface area contributed by atoms with Crippen molar-refractivity contribution >= 4 is 5.78 Å². The van der Waals surface area contributed by atoms with E-state index in [0.717, 1.165) is 0 Å². The Bertz CT molecular complexity index is 416. The summed E-state index contributed by atoms with van der Waals surface area (Å²) in [5.74, 6) is 0.556. The van der Waals surface area contributed by atoms with Crippen LogP contribution in [0.2, 0.25) is 0 Å². The average molecular weight is 253 g/mol. The Kier molecular flexibility index (Phi) is 4.51. The quantitative estimate of drug-likeness (QED) is 0.789. The van der Waals surface area contributed by atoms with Gasteiger partial charge < -0.3 is 10.5 Å². The van der Waals surface area contributed by atoms with E-state index in [1.54, 1.807) is 18.0 Å². The largest absolute Gasteiger partial charge is 0.493 e. The van der Waals surface area contributed by atoms with Crippen LogP contribution in [0.3, 0.4) is 0 Å². The maximum atomic E-state index is 12.3. The van der Waals surface area contributed by atoms with E-state index in [-0.39, 0.29) is 17.4 Å². The highest BCUT2D eigenvalue weighted by atomic mass is 16.5. The van der Waals surface area contributed by atoms with Gasteiger partial charge in [-0.25, -0.2) is 0 Å². The molecule has 1 rings (SSSR count). The van der Waals surface area contributed by atoms with Crippen molar-refractivity contribution in [3.63, 3.8) is 0 Å². The number of aromatic nitrogens is 2. The lowest BCUT2D eigenvalue weighted by Gasteiger charge is -2.18. The van der Waals surface area contributed by atoms with Crippen molar-refractivity contribution < 1.29 is 9.53 Å². The third kappa shape index (κ3) is 3.57. The summed E-state index contributed by atoms with van der Waals surface area (Å²) in [6.07, 6.45) is 2.62. The molecule has 0 aliphatic carbocycles. The van der Waals surface area contributed by atoms with Crippen LogP contribution in [-0.2, 0) is 0 Å². The van der Waals surface area contributed by atoms with Crippen LogP contribution >= 0.6 is 0 Å². The number of hydrogen-bond donors (Lipinski definition) is 1. The van der Waals surface area contributed by atoms with E-state index in [4.69, 9.17) is 10.5 Å². The average Bonchev–Trinajstić information content (AvgIpc) is 2.68. The number of ketones is 1. The van der Waals surface area contributed by atoms with E-state index < -0.39 is 0 Å². The predicted octanol–water partition coefficient (Wildman–Crippen LogP) is 2.17. The normalized spacial score (nSPS) is 11.9. The molecule has 0 unspecified atom stereocenters. The molecule has 5 heteroatoms. The molecule has 102 valence electrons. The lowest BCUT2D eigenvalue weighted by atomic mass is 9.97. The minimum absolute atomic E-state index is 0.0246. The summed E-state index contributed by atoms with van der Waals surface area (Å²) in [6.45, 7) is 7.79. The molecule has 1 heterocycles. The summed E-state index contributed by atoms with van der Waals surface area (Å²) in [4.78, 5) is 12.3. The second kappa shape index (κ2) is 5.52. The van der Waals surface area contributed by atoms with Crippen molar-refractivity contribution in [3.8, 4) is 5.75 Å². The van der Waals surface area contributed by atoms with Crippen molar-refractivity contribution in [3.05, 3.63) is 11.9 Å². The van der Waals surface area contributed by atoms with Crippen LogP contribution in [0.5, 0.6) is 5.75 Å². The highest BCUT2D eigenvalue weighted by Gasteiger charge is 2.22. The number of rotatable bonds is 6. The summed E-state index contributed by atoms with van der Waals surface area (Å²) in [6, 6.07) is 0.124. The van der Waals surface area contributed by atoms with Crippen LogP contribution < -0.4 is 10.5 Å². The standard InChI is InChI=1S/C13H23N3O2/c1-9(2)16-12(11(18-5)8-15-16)10(17)6-7-13(3,4)14/h8-9H,6-7,14H2,1-5H3. The maximum absolute atomic E-state index is 12.3. The summed E-state index contributed by atoms with van der Waals surface area (Å²) >= 11 is 0. The first kappa shape index (κ1) is 14.7. The molecular weight excluding hydrogens is 230 g/mol. The highest BCUT2D eigenvalue weighted by molar-refractivity contribution is 5.97. The van der Waals surface area contributed by atoms with Gasteiger partial charge in [0.25, 0.3) is 0 Å². The lowest BCUT2D eigenvalue weighted by molar-refractivity contribution is 0.0957. The molecule has 0 aliphatic rings. The van der Waals surface area contributed by atoms with Crippen molar-refractivity contribution in [2.45, 2.75) is 52.1 Å². The van der Waals surface area contributed by atoms with E-state index in [1.807, 2.05) is 27.7 Å². The molecule has 2 N–H and O–H groups in total. The third-order valence-electron chi connectivity index (χ3n) is 2.73. The number of methoxy groups -OCH3 is 1. The smallest absolute Gasteiger partial charge is 0.184 e. The number of ether oxygens (including phenoxy) is 1. The van der Waals surface area contributed by atoms with Crippen molar-refractivity contribution in [1.82, 2.24) is 9.78 Å². The van der Waals surface area contributed by atoms with Crippen LogP contribution in [0.15, 0.2) is 6.20 Å². The minimum Gasteiger partial charge on any atom is -0.493 e. The molecule has 0 bridgehead atoms. The van der Waals surface area contributed by atoms with E-state index in [9.17, 15) is 4.79 Å². The summed E-state index contributed by atoms with van der Waals surface area (Å²) in [5.41, 5.74) is 6.10. The molecule has 1 aromatic rings. The van der Waals surface area contributed by atoms with Gasteiger partial charge in [0.05, 0.1) is 13.3 Å². The van der Waals surface area contributed by atoms with Gasteiger partial charge in [-0.15, -0.1) is 0 Å². The van der Waals surface area contributed by atoms with Crippen LogP contribution in [0.4, 0.5) is 0 Å². The SMILES string of the molecule is COc1cnn(C(C)C)c1C(=O)CCC(C)(C)N. The van der Waals surface area contributed by atoms with Crippen LogP contribution in [0, 0.1) is 0 Å². The number of carbonyl (C=O) groups is 1. The Morgan fingerprint density at radius 3 is 2.61 bits per heavy atom. The van der Waals surface area contributed by atoms with Crippen LogP contribution in [-0.4, -0.2) is 28.2 Å². The Morgan fingerprint density at radius 1 is 1.56 bits per heavy atom. The molecule has 0 amide bonds. The third-order valence-corrected chi connectivity index (χ3v) is 2.73. The second-order valence-electron chi connectivity index (χ2n) is 5.51. The van der Waals surface area contributed by atoms with E-state index >= 15 is 0 Å². The van der Waals surface area contributed by atoms with Crippen LogP contribution in [0.25, 0.3) is 0 Å². The fraction of sp³-hybridized carbons (Fsp3) is 0.692. The molecule has 0 aliphatic heterocycles. The van der Waals surface area contributed by atoms with Gasteiger partial charge in [0.2, 0.25) is 0 Å². The molecule has 0 saturated carbocycles. The molecule has 0 radical (unpaired) electrons. The number of nitrogens with two attached hydrogens (primary N) is 1. The van der Waals surface area contributed by atoms with Gasteiger partial charge in [-0.2, -0.15) is 5.10 Å². The second-order valence-corrected chi connectivity index (χ2v) is 5.51. The number of carbonyl (C=O) groups excluding carboxylic acids is 1. The van der Waals surface area contributed by atoms with Crippen molar-refractivity contribution in [2.75, 3.05) is 7.11 Å². The summed E-state index contributed by atoms with van der Waals surface area (Å²) < 4.78 is 6.89. The van der Waals surface area contributed by atoms with Crippen molar-refractivity contribution in [2.24, 2.45) is 5.73 Å². The van der Waals surface area contributed by atoms with Gasteiger partial charge in [-0.1, -0.05) is 0 Å². The molecular formula is C13H23N3O2. The van der Waals surface area contributed by atoms with E-state index in [1.165, 1.54) is 0 Å². The Labute approximate surface area is 108 Å². The monoisotopic (exact) mass is 253 g/mol. The predicted molar refractivity (Wildman–Crippen MR) is 71.0 cm³/mol. The lowest BCUT2D eigenvalue weighted by Crippen LogP contribution is -2.32. The maximum Gasteiger partial charge on any atom is 0.184 e. The molecule has 5 nitrogen and oxygen atoms in total. The fourth-order valence-corrected chi connectivity index (χ4v) is 1.71. The van der Waals surface area contributed by atoms with Crippen molar-refractivity contribution in [1.29, 1.82) is 0 Å². The summed E-state index contributed by atoms with van der Waals surface area (Å²) in [7, 11) is 1.55. The molecule has 1 aromatic heterocycles. The molecule has 0 spiro atoms. The first-order valence-electron chi connectivity index (χ1n) is 6.20. The molecule has 0 atom stereocenters. The van der Waals surface area contributed by atoms with Gasteiger partial charge >= 0.3 is 0 Å². The zero-order valence-corrected chi connectivity index (χ0v) is 11.9. The zero-order valence-electron chi connectivity index (χ0n) is 11.9. The van der Waals surface area contributed by atoms with Gasteiger partial charge in [0, 0.05) is 18.0 Å². The Morgan fingerprint density at radius 2 is 2.17 bits per heavy atom. The van der Waals surface area contributed by atoms with E-state index in [2.05, 4.69) is 5.10 Å². The zero-order chi connectivity index (χ0) is 13.9. The molecule has 0 saturated heterocycles. The first-order chi connectivity index (χ1) is 8.26. The Balaban J connectivity index is 2.93. The van der Waals surface area contributed by atoms with Gasteiger partial charge in [-0.05, 0) is 34.1 Å². The van der Waals surface area contributed by atoms with Gasteiger partial charge in [-0.3, -0.25) is 9.48 Å². The molecule has 0 aromatic carbocycles. The number of hydrogen-bond acceptors (Lipinski definition) is 4. The number of nitrogens with zero attached hydrogens (tertiary/aromatic N) is 2.